The summed E-state index contributed by atoms with van der Waals surface area (Å²) >= 11 is 7.35. The zero-order valence-electron chi connectivity index (χ0n) is 11.0. The zero-order chi connectivity index (χ0) is 13.2. The van der Waals surface area contributed by atoms with E-state index < -0.39 is 0 Å². The average molecular weight is 356 g/mol. The number of fused-ring (bicyclic) bond motifs is 1. The summed E-state index contributed by atoms with van der Waals surface area (Å²) in [6.07, 6.45) is 5.07. The van der Waals surface area contributed by atoms with Crippen LogP contribution >= 0.6 is 38.6 Å². The van der Waals surface area contributed by atoms with Crippen LogP contribution in [0.1, 0.15) is 34.1 Å². The monoisotopic (exact) mass is 355 g/mol. The molecular formula is C15H18BrNS2. The van der Waals surface area contributed by atoms with Crippen LogP contribution in [0.3, 0.4) is 0 Å². The molecule has 0 spiro atoms. The summed E-state index contributed by atoms with van der Waals surface area (Å²) in [6.45, 7) is 0. The van der Waals surface area contributed by atoms with Gasteiger partial charge in [0.2, 0.25) is 0 Å². The first-order chi connectivity index (χ1) is 9.28. The van der Waals surface area contributed by atoms with Gasteiger partial charge in [0.05, 0.1) is 3.79 Å². The van der Waals surface area contributed by atoms with Gasteiger partial charge in [-0.15, -0.1) is 22.7 Å². The molecule has 2 aromatic rings. The molecule has 3 rings (SSSR count). The van der Waals surface area contributed by atoms with E-state index >= 15 is 0 Å². The van der Waals surface area contributed by atoms with E-state index in [1.165, 1.54) is 27.9 Å². The molecule has 2 unspecified atom stereocenters. The third kappa shape index (κ3) is 2.97. The molecule has 1 N–H and O–H groups in total. The molecule has 0 amide bonds. The Labute approximate surface area is 131 Å². The topological polar surface area (TPSA) is 12.0 Å². The summed E-state index contributed by atoms with van der Waals surface area (Å²) in [5, 5.41) is 5.82. The molecule has 0 aromatic carbocycles. The van der Waals surface area contributed by atoms with Gasteiger partial charge >= 0.3 is 0 Å². The minimum absolute atomic E-state index is 0.555. The van der Waals surface area contributed by atoms with E-state index in [0.717, 1.165) is 6.42 Å². The van der Waals surface area contributed by atoms with Crippen LogP contribution in [-0.4, -0.2) is 13.1 Å². The minimum Gasteiger partial charge on any atom is -0.316 e. The molecular weight excluding hydrogens is 338 g/mol. The van der Waals surface area contributed by atoms with Crippen molar-refractivity contribution in [1.29, 1.82) is 0 Å². The van der Waals surface area contributed by atoms with E-state index in [9.17, 15) is 0 Å². The van der Waals surface area contributed by atoms with Gasteiger partial charge in [0.15, 0.2) is 0 Å². The normalized spacial score (nSPS) is 20.2. The third-order valence-corrected chi connectivity index (χ3v) is 6.65. The fourth-order valence-electron chi connectivity index (χ4n) is 3.06. The summed E-state index contributed by atoms with van der Waals surface area (Å²) in [5.74, 6) is 0.681. The quantitative estimate of drug-likeness (QED) is 0.828. The number of hydrogen-bond acceptors (Lipinski definition) is 3. The number of likely N-dealkylation sites (N-methyl/N-ethyl adjacent to an activating group) is 1. The molecule has 4 heteroatoms. The molecule has 19 heavy (non-hydrogen) atoms. The first-order valence-corrected chi connectivity index (χ1v) is 9.24. The van der Waals surface area contributed by atoms with Crippen LogP contribution in [0.4, 0.5) is 0 Å². The van der Waals surface area contributed by atoms with Crippen molar-refractivity contribution < 1.29 is 0 Å². The van der Waals surface area contributed by atoms with Crippen LogP contribution in [0.15, 0.2) is 27.4 Å². The molecule has 0 radical (unpaired) electrons. The summed E-state index contributed by atoms with van der Waals surface area (Å²) in [5.41, 5.74) is 1.60. The molecule has 2 atom stereocenters. The van der Waals surface area contributed by atoms with Crippen LogP contribution in [0.2, 0.25) is 0 Å². The number of thiophene rings is 2. The second-order valence-corrected chi connectivity index (χ2v) is 8.65. The number of rotatable bonds is 4. The molecule has 0 saturated heterocycles. The second-order valence-electron chi connectivity index (χ2n) is 5.10. The Bertz CT molecular complexity index is 546. The highest BCUT2D eigenvalue weighted by molar-refractivity contribution is 9.11. The smallest absolute Gasteiger partial charge is 0.0701 e. The van der Waals surface area contributed by atoms with E-state index in [0.29, 0.717) is 12.0 Å². The molecule has 2 aromatic heterocycles. The van der Waals surface area contributed by atoms with Crippen molar-refractivity contribution in [3.8, 4) is 0 Å². The van der Waals surface area contributed by atoms with Gasteiger partial charge in [0.1, 0.15) is 0 Å². The van der Waals surface area contributed by atoms with Crippen molar-refractivity contribution in [2.24, 2.45) is 0 Å². The summed E-state index contributed by atoms with van der Waals surface area (Å²) < 4.78 is 1.23. The first-order valence-electron chi connectivity index (χ1n) is 6.75. The fourth-order valence-corrected chi connectivity index (χ4v) is 5.60. The molecule has 1 nitrogen and oxygen atoms in total. The van der Waals surface area contributed by atoms with Crippen LogP contribution in [0.25, 0.3) is 0 Å². The maximum atomic E-state index is 3.56. The second kappa shape index (κ2) is 6.08. The van der Waals surface area contributed by atoms with Gasteiger partial charge in [-0.1, -0.05) is 0 Å². The Morgan fingerprint density at radius 2 is 2.32 bits per heavy atom. The Hall–Kier alpha value is -0.160. The lowest BCUT2D eigenvalue weighted by molar-refractivity contribution is 0.415. The first kappa shape index (κ1) is 13.8. The molecule has 1 aliphatic carbocycles. The van der Waals surface area contributed by atoms with Gasteiger partial charge in [-0.3, -0.25) is 0 Å². The number of aryl methyl sites for hydroxylation is 1. The molecule has 102 valence electrons. The SMILES string of the molecule is CNC(Cc1ccc(Br)s1)C1CCCc2sccc21. The Morgan fingerprint density at radius 1 is 1.42 bits per heavy atom. The van der Waals surface area contributed by atoms with Crippen molar-refractivity contribution >= 4 is 38.6 Å². The van der Waals surface area contributed by atoms with Crippen molar-refractivity contribution in [2.75, 3.05) is 7.05 Å². The summed E-state index contributed by atoms with van der Waals surface area (Å²) in [4.78, 5) is 3.08. The van der Waals surface area contributed by atoms with Gasteiger partial charge in [0, 0.05) is 21.7 Å². The standard InChI is InChI=1S/C15H18BrNS2/c1-17-13(9-10-5-6-15(16)19-10)11-3-2-4-14-12(11)7-8-18-14/h5-8,11,13,17H,2-4,9H2,1H3. The van der Waals surface area contributed by atoms with Gasteiger partial charge < -0.3 is 5.32 Å². The summed E-state index contributed by atoms with van der Waals surface area (Å²) in [7, 11) is 2.11. The Kier molecular flexibility index (Phi) is 4.42. The highest BCUT2D eigenvalue weighted by Crippen LogP contribution is 2.38. The van der Waals surface area contributed by atoms with Crippen molar-refractivity contribution in [2.45, 2.75) is 37.6 Å². The molecule has 0 saturated carbocycles. The van der Waals surface area contributed by atoms with Crippen molar-refractivity contribution in [3.05, 3.63) is 42.7 Å². The van der Waals surface area contributed by atoms with Crippen LogP contribution in [0.5, 0.6) is 0 Å². The van der Waals surface area contributed by atoms with Gasteiger partial charge in [-0.05, 0) is 77.8 Å². The number of halogens is 1. The molecule has 0 fully saturated rings. The molecule has 0 bridgehead atoms. The Morgan fingerprint density at radius 3 is 3.05 bits per heavy atom. The molecule has 1 aliphatic rings. The van der Waals surface area contributed by atoms with Gasteiger partial charge in [-0.25, -0.2) is 0 Å². The van der Waals surface area contributed by atoms with Gasteiger partial charge in [-0.2, -0.15) is 0 Å². The lowest BCUT2D eigenvalue weighted by Crippen LogP contribution is -2.35. The minimum atomic E-state index is 0.555. The predicted molar refractivity (Wildman–Crippen MR) is 88.6 cm³/mol. The van der Waals surface area contributed by atoms with E-state index in [-0.39, 0.29) is 0 Å². The van der Waals surface area contributed by atoms with Crippen molar-refractivity contribution in [1.82, 2.24) is 5.32 Å². The highest BCUT2D eigenvalue weighted by atomic mass is 79.9. The zero-order valence-corrected chi connectivity index (χ0v) is 14.2. The van der Waals surface area contributed by atoms with Crippen LogP contribution in [-0.2, 0) is 12.8 Å². The highest BCUT2D eigenvalue weighted by Gasteiger charge is 2.28. The van der Waals surface area contributed by atoms with Gasteiger partial charge in [0.25, 0.3) is 0 Å². The predicted octanol–water partition coefficient (Wildman–Crippen LogP) is 4.82. The van der Waals surface area contributed by atoms with E-state index in [1.807, 2.05) is 22.7 Å². The van der Waals surface area contributed by atoms with Crippen molar-refractivity contribution in [3.63, 3.8) is 0 Å². The maximum absolute atomic E-state index is 3.56. The molecule has 2 heterocycles. The van der Waals surface area contributed by atoms with E-state index in [2.05, 4.69) is 51.9 Å². The van der Waals surface area contributed by atoms with Crippen LogP contribution < -0.4 is 5.32 Å². The largest absolute Gasteiger partial charge is 0.316 e. The average Bonchev–Trinajstić information content (AvgIpc) is 3.04. The third-order valence-electron chi connectivity index (χ3n) is 4.00. The van der Waals surface area contributed by atoms with E-state index in [1.54, 1.807) is 10.4 Å². The number of hydrogen-bond donors (Lipinski definition) is 1. The maximum Gasteiger partial charge on any atom is 0.0701 e. The lowest BCUT2D eigenvalue weighted by atomic mass is 9.81. The van der Waals surface area contributed by atoms with Crippen LogP contribution in [0, 0.1) is 0 Å². The lowest BCUT2D eigenvalue weighted by Gasteiger charge is -2.30. The fraction of sp³-hybridized carbons (Fsp3) is 0.467. The van der Waals surface area contributed by atoms with E-state index in [4.69, 9.17) is 0 Å². The summed E-state index contributed by atoms with van der Waals surface area (Å²) in [6, 6.07) is 7.30. The molecule has 0 aliphatic heterocycles. The number of nitrogens with one attached hydrogen (secondary N) is 1. The Balaban J connectivity index is 1.80.